The van der Waals surface area contributed by atoms with E-state index in [1.165, 1.54) is 18.4 Å². The van der Waals surface area contributed by atoms with Gasteiger partial charge < -0.3 is 24.8 Å². The molecule has 1 aromatic heterocycles. The van der Waals surface area contributed by atoms with Crippen molar-refractivity contribution in [1.29, 1.82) is 0 Å². The number of hydrogen-bond acceptors (Lipinski definition) is 10. The molecule has 2 aliphatic rings. The molecule has 302 valence electrons. The Labute approximate surface area is 358 Å². The summed E-state index contributed by atoms with van der Waals surface area (Å²) in [6.45, 7) is 0. The zero-order valence-corrected chi connectivity index (χ0v) is 34.5. The number of aromatic nitrogens is 1. The lowest BCUT2D eigenvalue weighted by Crippen LogP contribution is -2.75. The summed E-state index contributed by atoms with van der Waals surface area (Å²) < 4.78 is 19.8. The fourth-order valence-corrected chi connectivity index (χ4v) is 10.3. The lowest BCUT2D eigenvalue weighted by molar-refractivity contribution is -0.154. The molecule has 3 atom stereocenters. The second-order valence-electron chi connectivity index (χ2n) is 13.9. The fraction of sp³-hybridized carbons (Fsp3) is 0.152. The molecule has 0 bridgehead atoms. The summed E-state index contributed by atoms with van der Waals surface area (Å²) in [6.07, 6.45) is -0.801. The first-order valence-corrected chi connectivity index (χ1v) is 21.8. The highest BCUT2D eigenvalue weighted by molar-refractivity contribution is 7.92. The van der Waals surface area contributed by atoms with E-state index in [1.807, 2.05) is 152 Å². The van der Waals surface area contributed by atoms with Crippen molar-refractivity contribution in [2.24, 2.45) is 5.16 Å². The topological polar surface area (TPSA) is 145 Å². The van der Waals surface area contributed by atoms with Gasteiger partial charge in [0.1, 0.15) is 29.8 Å². The molecule has 6 aromatic rings. The van der Waals surface area contributed by atoms with Crippen LogP contribution < -0.4 is 10.6 Å². The van der Waals surface area contributed by atoms with Crippen molar-refractivity contribution in [3.05, 3.63) is 202 Å². The number of nitrogens with zero attached hydrogens (tertiary/aromatic N) is 3. The summed E-state index contributed by atoms with van der Waals surface area (Å²) in [6, 6.07) is 47.2. The summed E-state index contributed by atoms with van der Waals surface area (Å²) in [5, 5.41) is 11.5. The van der Waals surface area contributed by atoms with Crippen LogP contribution in [-0.2, 0) is 40.7 Å². The number of carbonyl (C=O) groups is 3. The molecule has 0 aliphatic carbocycles. The normalized spacial score (nSPS) is 17.7. The lowest BCUT2D eigenvalue weighted by Gasteiger charge is -2.49. The summed E-state index contributed by atoms with van der Waals surface area (Å²) in [7, 11) is 1.30. The van der Waals surface area contributed by atoms with Crippen molar-refractivity contribution >= 4 is 62.7 Å². The standard InChI is InChI=1S/C46H38ClN5O6S2/c1-57-51-37(36-28-59-45(48-36)50-46(33-21-11-4-12-22-33,34-23-13-5-14-24-34)35-25-15-6-16-26-35)41(53)49-38-42(54)52-39(32(27-47)29-60(56)43(38)52)44(55)58-40(30-17-7-2-8-18-30)31-19-9-3-10-20-31/h2-26,28,38,40,43H,27,29H2,1H3,(H,48,50)(H,49,53)/t38?,43-,60?/m0/s1. The number of esters is 1. The van der Waals surface area contributed by atoms with Gasteiger partial charge in [0.15, 0.2) is 23.0 Å². The van der Waals surface area contributed by atoms with Gasteiger partial charge in [0.05, 0.1) is 5.88 Å². The summed E-state index contributed by atoms with van der Waals surface area (Å²) in [5.41, 5.74) is 3.63. The SMILES string of the molecule is CON=C(C(=O)NC1C(=O)N2C(C(=O)OC(c3ccccc3)c3ccccc3)=C(CCl)C[S+]([O-])[C@@H]12)c1csc(NC(c2ccccc2)(c2ccccc2)c2ccccc2)n1. The lowest BCUT2D eigenvalue weighted by atomic mass is 9.77. The average molecular weight is 856 g/mol. The Bertz CT molecular complexity index is 2390. The second kappa shape index (κ2) is 17.9. The van der Waals surface area contributed by atoms with Gasteiger partial charge in [-0.3, -0.25) is 14.5 Å². The average Bonchev–Trinajstić information content (AvgIpc) is 3.77. The molecule has 14 heteroatoms. The van der Waals surface area contributed by atoms with Gasteiger partial charge in [-0.05, 0) is 39.0 Å². The number of oxime groups is 1. The molecule has 2 amide bonds. The fourth-order valence-electron chi connectivity index (χ4n) is 7.58. The molecule has 2 aliphatic heterocycles. The monoisotopic (exact) mass is 855 g/mol. The number of benzene rings is 5. The molecule has 1 saturated heterocycles. The molecule has 11 nitrogen and oxygen atoms in total. The highest BCUT2D eigenvalue weighted by Crippen LogP contribution is 2.42. The maximum absolute atomic E-state index is 14.1. The maximum atomic E-state index is 14.1. The van der Waals surface area contributed by atoms with E-state index < -0.39 is 52.0 Å². The first-order chi connectivity index (χ1) is 29.3. The third-order valence-electron chi connectivity index (χ3n) is 10.3. The molecule has 5 aromatic carbocycles. The van der Waals surface area contributed by atoms with Gasteiger partial charge in [-0.2, -0.15) is 0 Å². The van der Waals surface area contributed by atoms with Crippen LogP contribution in [0, 0.1) is 0 Å². The van der Waals surface area contributed by atoms with Gasteiger partial charge in [0.25, 0.3) is 11.8 Å². The van der Waals surface area contributed by atoms with E-state index >= 15 is 0 Å². The third-order valence-corrected chi connectivity index (χ3v) is 13.1. The van der Waals surface area contributed by atoms with Crippen molar-refractivity contribution < 1.29 is 28.5 Å². The highest BCUT2D eigenvalue weighted by Gasteiger charge is 2.61. The number of amides is 2. The van der Waals surface area contributed by atoms with Crippen LogP contribution in [-0.4, -0.2) is 68.1 Å². The van der Waals surface area contributed by atoms with Gasteiger partial charge in [0, 0.05) is 11.0 Å². The van der Waals surface area contributed by atoms with E-state index in [-0.39, 0.29) is 28.7 Å². The summed E-state index contributed by atoms with van der Waals surface area (Å²) >= 11 is 5.84. The first-order valence-electron chi connectivity index (χ1n) is 19.0. The van der Waals surface area contributed by atoms with Crippen molar-refractivity contribution in [3.63, 3.8) is 0 Å². The number of hydrogen-bond donors (Lipinski definition) is 2. The summed E-state index contributed by atoms with van der Waals surface area (Å²) in [4.78, 5) is 53.1. The largest absolute Gasteiger partial charge is 0.614 e. The number of halogens is 1. The molecule has 0 radical (unpaired) electrons. The highest BCUT2D eigenvalue weighted by atomic mass is 35.5. The minimum Gasteiger partial charge on any atom is -0.614 e. The van der Waals surface area contributed by atoms with Gasteiger partial charge in [-0.25, -0.2) is 9.78 Å². The van der Waals surface area contributed by atoms with Crippen molar-refractivity contribution in [1.82, 2.24) is 15.2 Å². The Morgan fingerprint density at radius 1 is 0.867 bits per heavy atom. The Morgan fingerprint density at radius 3 is 1.85 bits per heavy atom. The molecule has 8 rings (SSSR count). The van der Waals surface area contributed by atoms with Crippen LogP contribution in [0.3, 0.4) is 0 Å². The quantitative estimate of drug-likeness (QED) is 0.0224. The number of carbonyl (C=O) groups excluding carboxylic acids is 3. The number of β-lactam (4-membered cyclic amide) rings is 1. The summed E-state index contributed by atoms with van der Waals surface area (Å²) in [5.74, 6) is -2.49. The molecule has 0 spiro atoms. The Kier molecular flexibility index (Phi) is 12.1. The maximum Gasteiger partial charge on any atom is 0.356 e. The van der Waals surface area contributed by atoms with Crippen LogP contribution in [0.25, 0.3) is 0 Å². The number of anilines is 1. The van der Waals surface area contributed by atoms with E-state index in [4.69, 9.17) is 26.2 Å². The van der Waals surface area contributed by atoms with Crippen molar-refractivity contribution in [2.75, 3.05) is 24.1 Å². The number of nitrogens with one attached hydrogen (secondary N) is 2. The molecule has 2 unspecified atom stereocenters. The van der Waals surface area contributed by atoms with E-state index in [1.54, 1.807) is 5.38 Å². The first kappa shape index (κ1) is 40.5. The molecular formula is C46H38ClN5O6S2. The van der Waals surface area contributed by atoms with E-state index in [2.05, 4.69) is 15.8 Å². The number of rotatable bonds is 14. The van der Waals surface area contributed by atoms with Crippen molar-refractivity contribution in [3.8, 4) is 0 Å². The van der Waals surface area contributed by atoms with E-state index in [0.717, 1.165) is 32.7 Å². The predicted octanol–water partition coefficient (Wildman–Crippen LogP) is 7.14. The molecule has 0 saturated carbocycles. The van der Waals surface area contributed by atoms with Crippen LogP contribution in [0.15, 0.2) is 173 Å². The molecule has 60 heavy (non-hydrogen) atoms. The zero-order valence-electron chi connectivity index (χ0n) is 32.1. The van der Waals surface area contributed by atoms with Gasteiger partial charge in [0.2, 0.25) is 5.37 Å². The Hall–Kier alpha value is -6.25. The predicted molar refractivity (Wildman–Crippen MR) is 233 cm³/mol. The van der Waals surface area contributed by atoms with Gasteiger partial charge >= 0.3 is 5.97 Å². The molecular weight excluding hydrogens is 818 g/mol. The van der Waals surface area contributed by atoms with Crippen LogP contribution in [0.2, 0.25) is 0 Å². The van der Waals surface area contributed by atoms with Gasteiger partial charge in [-0.1, -0.05) is 157 Å². The van der Waals surface area contributed by atoms with E-state index in [9.17, 15) is 18.9 Å². The second-order valence-corrected chi connectivity index (χ2v) is 16.6. The minimum atomic E-state index is -1.73. The molecule has 2 N–H and O–H groups in total. The van der Waals surface area contributed by atoms with Crippen LogP contribution >= 0.6 is 22.9 Å². The van der Waals surface area contributed by atoms with Crippen LogP contribution in [0.4, 0.5) is 5.13 Å². The van der Waals surface area contributed by atoms with Crippen LogP contribution in [0.5, 0.6) is 0 Å². The minimum absolute atomic E-state index is 0.0818. The number of fused-ring (bicyclic) bond motifs is 1. The third kappa shape index (κ3) is 7.80. The number of alkyl halides is 1. The Morgan fingerprint density at radius 2 is 1.37 bits per heavy atom. The van der Waals surface area contributed by atoms with Crippen LogP contribution in [0.1, 0.15) is 39.6 Å². The Balaban J connectivity index is 1.05. The smallest absolute Gasteiger partial charge is 0.356 e. The van der Waals surface area contributed by atoms with E-state index in [0.29, 0.717) is 10.7 Å². The van der Waals surface area contributed by atoms with Gasteiger partial charge in [-0.15, -0.1) is 22.9 Å². The molecule has 1 fully saturated rings. The zero-order chi connectivity index (χ0) is 41.6. The van der Waals surface area contributed by atoms with Crippen molar-refractivity contribution in [2.45, 2.75) is 23.1 Å². The number of ether oxygens (including phenoxy) is 1. The number of thiazole rings is 1. The molecule has 3 heterocycles.